The van der Waals surface area contributed by atoms with Gasteiger partial charge in [0.15, 0.2) is 0 Å². The molecule has 1 unspecified atom stereocenters. The van der Waals surface area contributed by atoms with E-state index in [0.29, 0.717) is 23.7 Å². The summed E-state index contributed by atoms with van der Waals surface area (Å²) in [6.45, 7) is 3.49. The molecule has 1 aliphatic rings. The molecule has 5 nitrogen and oxygen atoms in total. The van der Waals surface area contributed by atoms with Gasteiger partial charge in [0.2, 0.25) is 5.91 Å². The van der Waals surface area contributed by atoms with E-state index in [1.807, 2.05) is 28.7 Å². The van der Waals surface area contributed by atoms with Crippen molar-refractivity contribution in [1.29, 1.82) is 0 Å². The molecule has 2 aromatic rings. The number of amides is 1. The van der Waals surface area contributed by atoms with E-state index in [0.717, 1.165) is 31.5 Å². The quantitative estimate of drug-likeness (QED) is 0.762. The zero-order valence-corrected chi connectivity index (χ0v) is 15.4. The molecule has 0 bridgehead atoms. The first-order chi connectivity index (χ1) is 12.1. The zero-order chi connectivity index (χ0) is 17.8. The molecule has 1 atom stereocenters. The summed E-state index contributed by atoms with van der Waals surface area (Å²) >= 11 is 1.62. The number of nitrogens with zero attached hydrogens (tertiary/aromatic N) is 1. The second-order valence-corrected chi connectivity index (χ2v) is 7.28. The van der Waals surface area contributed by atoms with Crippen molar-refractivity contribution in [2.24, 2.45) is 5.92 Å². The molecule has 1 aliphatic heterocycles. The van der Waals surface area contributed by atoms with Gasteiger partial charge in [-0.3, -0.25) is 4.79 Å². The Labute approximate surface area is 151 Å². The predicted molar refractivity (Wildman–Crippen MR) is 95.8 cm³/mol. The number of esters is 1. The Morgan fingerprint density at radius 1 is 1.36 bits per heavy atom. The average molecular weight is 361 g/mol. The van der Waals surface area contributed by atoms with Gasteiger partial charge in [-0.05, 0) is 54.1 Å². The molecule has 6 heteroatoms. The molecule has 2 aromatic heterocycles. The van der Waals surface area contributed by atoms with Crippen LogP contribution in [-0.2, 0) is 16.0 Å². The summed E-state index contributed by atoms with van der Waals surface area (Å²) < 4.78 is 10.3. The largest absolute Gasteiger partial charge is 0.468 e. The van der Waals surface area contributed by atoms with Crippen molar-refractivity contribution in [3.05, 3.63) is 46.0 Å². The average Bonchev–Trinajstić information content (AvgIpc) is 3.32. The minimum Gasteiger partial charge on any atom is -0.468 e. The summed E-state index contributed by atoms with van der Waals surface area (Å²) in [5, 5.41) is 4.05. The van der Waals surface area contributed by atoms with E-state index in [1.54, 1.807) is 17.4 Å². The van der Waals surface area contributed by atoms with Gasteiger partial charge >= 0.3 is 5.97 Å². The lowest BCUT2D eigenvalue weighted by molar-refractivity contribution is -0.133. The van der Waals surface area contributed by atoms with Crippen molar-refractivity contribution in [2.75, 3.05) is 20.2 Å². The van der Waals surface area contributed by atoms with Gasteiger partial charge in [-0.25, -0.2) is 4.79 Å². The first-order valence-corrected chi connectivity index (χ1v) is 9.50. The molecule has 3 rings (SSSR count). The summed E-state index contributed by atoms with van der Waals surface area (Å²) in [5.41, 5.74) is 1.60. The fourth-order valence-corrected chi connectivity index (χ4v) is 4.10. The fraction of sp³-hybridized carbons (Fsp3) is 0.474. The number of furan rings is 1. The number of hydrogen-bond acceptors (Lipinski definition) is 5. The van der Waals surface area contributed by atoms with Crippen molar-refractivity contribution < 1.29 is 18.7 Å². The van der Waals surface area contributed by atoms with Crippen molar-refractivity contribution in [2.45, 2.75) is 32.1 Å². The van der Waals surface area contributed by atoms with Gasteiger partial charge in [-0.15, -0.1) is 0 Å². The van der Waals surface area contributed by atoms with E-state index in [1.165, 1.54) is 13.4 Å². The number of ether oxygens (including phenoxy) is 1. The van der Waals surface area contributed by atoms with Crippen LogP contribution >= 0.6 is 11.3 Å². The van der Waals surface area contributed by atoms with Gasteiger partial charge in [0.05, 0.1) is 19.3 Å². The van der Waals surface area contributed by atoms with Gasteiger partial charge in [0.25, 0.3) is 0 Å². The lowest BCUT2D eigenvalue weighted by Gasteiger charge is -2.33. The molecule has 25 heavy (non-hydrogen) atoms. The standard InChI is InChI=1S/C19H23NO4S/c1-13(15-6-10-25-12-15)18(21)20-7-3-14(4-8-20)11-17-16(5-9-24-17)19(22)23-2/h5-6,9-10,12-14H,3-4,7-8,11H2,1-2H3. The monoisotopic (exact) mass is 361 g/mol. The Morgan fingerprint density at radius 3 is 2.76 bits per heavy atom. The van der Waals surface area contributed by atoms with Crippen molar-refractivity contribution in [1.82, 2.24) is 4.90 Å². The number of carbonyl (C=O) groups excluding carboxylic acids is 2. The molecule has 1 saturated heterocycles. The van der Waals surface area contributed by atoms with E-state index in [4.69, 9.17) is 9.15 Å². The maximum atomic E-state index is 12.7. The first kappa shape index (κ1) is 17.7. The first-order valence-electron chi connectivity index (χ1n) is 8.55. The Kier molecular flexibility index (Phi) is 5.58. The van der Waals surface area contributed by atoms with Crippen LogP contribution in [0.4, 0.5) is 0 Å². The van der Waals surface area contributed by atoms with E-state index >= 15 is 0 Å². The number of methoxy groups -OCH3 is 1. The van der Waals surface area contributed by atoms with Crippen molar-refractivity contribution in [3.63, 3.8) is 0 Å². The van der Waals surface area contributed by atoms with Gasteiger partial charge in [0.1, 0.15) is 11.3 Å². The van der Waals surface area contributed by atoms with Crippen LogP contribution in [0.3, 0.4) is 0 Å². The zero-order valence-electron chi connectivity index (χ0n) is 14.6. The minimum absolute atomic E-state index is 0.0844. The molecule has 134 valence electrons. The predicted octanol–water partition coefficient (Wildman–Crippen LogP) is 3.71. The number of rotatable bonds is 5. The van der Waals surface area contributed by atoms with Crippen LogP contribution in [0.2, 0.25) is 0 Å². The normalized spacial score (nSPS) is 16.6. The second kappa shape index (κ2) is 7.87. The maximum absolute atomic E-state index is 12.7. The number of carbonyl (C=O) groups is 2. The van der Waals surface area contributed by atoms with Gasteiger partial charge in [-0.1, -0.05) is 0 Å². The Morgan fingerprint density at radius 2 is 2.12 bits per heavy atom. The molecular weight excluding hydrogens is 338 g/mol. The van der Waals surface area contributed by atoms with Gasteiger partial charge < -0.3 is 14.1 Å². The molecule has 0 radical (unpaired) electrons. The molecule has 1 amide bonds. The van der Waals surface area contributed by atoms with Gasteiger partial charge in [-0.2, -0.15) is 11.3 Å². The third-order valence-electron chi connectivity index (χ3n) is 4.96. The highest BCUT2D eigenvalue weighted by Gasteiger charge is 2.28. The van der Waals surface area contributed by atoms with Crippen LogP contribution in [0.5, 0.6) is 0 Å². The van der Waals surface area contributed by atoms with Crippen LogP contribution in [-0.4, -0.2) is 37.0 Å². The molecule has 0 aliphatic carbocycles. The Hall–Kier alpha value is -2.08. The van der Waals surface area contributed by atoms with Crippen LogP contribution in [0.1, 0.15) is 47.4 Å². The summed E-state index contributed by atoms with van der Waals surface area (Å²) in [6, 6.07) is 3.67. The number of piperidine rings is 1. The number of hydrogen-bond donors (Lipinski definition) is 0. The molecule has 3 heterocycles. The third kappa shape index (κ3) is 3.95. The lowest BCUT2D eigenvalue weighted by Crippen LogP contribution is -2.40. The van der Waals surface area contributed by atoms with Crippen molar-refractivity contribution >= 4 is 23.2 Å². The smallest absolute Gasteiger partial charge is 0.341 e. The summed E-state index contributed by atoms with van der Waals surface area (Å²) in [6.07, 6.45) is 4.08. The second-order valence-electron chi connectivity index (χ2n) is 6.50. The number of likely N-dealkylation sites (tertiary alicyclic amines) is 1. The Bertz CT molecular complexity index is 714. The lowest BCUT2D eigenvalue weighted by atomic mass is 9.90. The molecule has 0 aromatic carbocycles. The molecule has 0 spiro atoms. The van der Waals surface area contributed by atoms with E-state index < -0.39 is 0 Å². The van der Waals surface area contributed by atoms with E-state index in [2.05, 4.69) is 0 Å². The minimum atomic E-state index is -0.360. The SMILES string of the molecule is COC(=O)c1ccoc1CC1CCN(C(=O)C(C)c2ccsc2)CC1. The molecule has 0 N–H and O–H groups in total. The van der Waals surface area contributed by atoms with Gasteiger partial charge in [0, 0.05) is 19.5 Å². The summed E-state index contributed by atoms with van der Waals surface area (Å²) in [4.78, 5) is 26.3. The molecular formula is C19H23NO4S. The fourth-order valence-electron chi connectivity index (χ4n) is 3.35. The van der Waals surface area contributed by atoms with Crippen LogP contribution in [0, 0.1) is 5.92 Å². The number of thiophene rings is 1. The van der Waals surface area contributed by atoms with Crippen LogP contribution in [0.25, 0.3) is 0 Å². The van der Waals surface area contributed by atoms with Crippen LogP contribution in [0.15, 0.2) is 33.6 Å². The van der Waals surface area contributed by atoms with Crippen molar-refractivity contribution in [3.8, 4) is 0 Å². The third-order valence-corrected chi connectivity index (χ3v) is 5.67. The highest BCUT2D eigenvalue weighted by atomic mass is 32.1. The topological polar surface area (TPSA) is 59.8 Å². The Balaban J connectivity index is 1.55. The van der Waals surface area contributed by atoms with E-state index in [-0.39, 0.29) is 17.8 Å². The summed E-state index contributed by atoms with van der Waals surface area (Å²) in [7, 11) is 1.37. The van der Waals surface area contributed by atoms with Crippen LogP contribution < -0.4 is 0 Å². The molecule has 0 saturated carbocycles. The molecule has 1 fully saturated rings. The van der Waals surface area contributed by atoms with E-state index in [9.17, 15) is 9.59 Å². The maximum Gasteiger partial charge on any atom is 0.341 e. The highest BCUT2D eigenvalue weighted by Crippen LogP contribution is 2.27. The highest BCUT2D eigenvalue weighted by molar-refractivity contribution is 7.08. The summed E-state index contributed by atoms with van der Waals surface area (Å²) in [5.74, 6) is 0.850.